The van der Waals surface area contributed by atoms with Crippen LogP contribution in [-0.2, 0) is 21.8 Å². The highest BCUT2D eigenvalue weighted by atomic mass is 32.2. The van der Waals surface area contributed by atoms with E-state index in [0.717, 1.165) is 23.1 Å². The fraction of sp³-hybridized carbons (Fsp3) is 0.500. The molecule has 2 aromatic rings. The van der Waals surface area contributed by atoms with Gasteiger partial charge >= 0.3 is 12.1 Å². The number of halogens is 3. The van der Waals surface area contributed by atoms with E-state index in [2.05, 4.69) is 9.72 Å². The molecule has 0 radical (unpaired) electrons. The number of piperidine rings is 1. The van der Waals surface area contributed by atoms with E-state index in [0.29, 0.717) is 13.1 Å². The van der Waals surface area contributed by atoms with Gasteiger partial charge in [0.25, 0.3) is 6.10 Å². The van der Waals surface area contributed by atoms with E-state index in [9.17, 15) is 26.4 Å². The van der Waals surface area contributed by atoms with E-state index >= 15 is 0 Å². The number of nitrogens with zero attached hydrogens (tertiary/aromatic N) is 3. The molecule has 7 nitrogen and oxygen atoms in total. The van der Waals surface area contributed by atoms with Crippen LogP contribution in [0.3, 0.4) is 0 Å². The minimum Gasteiger partial charge on any atom is -0.441 e. The third-order valence-corrected chi connectivity index (χ3v) is 7.02. The average molecular weight is 459 g/mol. The number of alkyl halides is 3. The second kappa shape index (κ2) is 8.62. The Morgan fingerprint density at radius 1 is 1.16 bits per heavy atom. The van der Waals surface area contributed by atoms with Crippen LogP contribution < -0.4 is 0 Å². The highest BCUT2D eigenvalue weighted by molar-refractivity contribution is 7.89. The maximum Gasteiger partial charge on any atom is 0.432 e. The number of carbonyl (C=O) groups is 1. The van der Waals surface area contributed by atoms with Crippen LogP contribution in [0.15, 0.2) is 41.6 Å². The van der Waals surface area contributed by atoms with E-state index in [1.54, 1.807) is 0 Å². The summed E-state index contributed by atoms with van der Waals surface area (Å²) in [5, 5.41) is 0. The van der Waals surface area contributed by atoms with Crippen molar-refractivity contribution in [2.45, 2.75) is 37.4 Å². The smallest absolute Gasteiger partial charge is 0.432 e. The van der Waals surface area contributed by atoms with Crippen molar-refractivity contribution < 1.29 is 31.1 Å². The lowest BCUT2D eigenvalue weighted by Crippen LogP contribution is -2.42. The normalized spacial score (nSPS) is 21.6. The molecule has 1 aliphatic heterocycles. The first-order valence-electron chi connectivity index (χ1n) is 9.74. The Hall–Kier alpha value is -2.40. The van der Waals surface area contributed by atoms with Gasteiger partial charge in [-0.15, -0.1) is 0 Å². The molecule has 0 unspecified atom stereocenters. The molecule has 0 bridgehead atoms. The zero-order valence-electron chi connectivity index (χ0n) is 17.3. The summed E-state index contributed by atoms with van der Waals surface area (Å²) in [6, 6.07) is 4.72. The molecular formula is C20H24F3N3O4S. The third-order valence-electron chi connectivity index (χ3n) is 5.18. The van der Waals surface area contributed by atoms with E-state index in [1.807, 2.05) is 13.8 Å². The quantitative estimate of drug-likeness (QED) is 0.639. The fourth-order valence-electron chi connectivity index (χ4n) is 3.78. The summed E-state index contributed by atoms with van der Waals surface area (Å²) in [6.07, 6.45) is -3.99. The van der Waals surface area contributed by atoms with Gasteiger partial charge in [-0.05, 0) is 42.5 Å². The first-order valence-corrected chi connectivity index (χ1v) is 11.2. The lowest BCUT2D eigenvalue weighted by Gasteiger charge is -2.34. The molecule has 0 aliphatic carbocycles. The van der Waals surface area contributed by atoms with Crippen LogP contribution in [0.25, 0.3) is 0 Å². The van der Waals surface area contributed by atoms with Crippen molar-refractivity contribution in [3.05, 3.63) is 48.0 Å². The number of aryl methyl sites for hydroxylation is 1. The topological polar surface area (TPSA) is 81.5 Å². The second-order valence-corrected chi connectivity index (χ2v) is 9.95. The van der Waals surface area contributed by atoms with Gasteiger partial charge in [-0.1, -0.05) is 13.8 Å². The molecule has 0 amide bonds. The molecule has 1 aromatic carbocycles. The molecule has 3 atom stereocenters. The molecule has 3 rings (SSSR count). The molecule has 0 N–H and O–H groups in total. The Bertz CT molecular complexity index is 1020. The molecule has 2 heterocycles. The first-order chi connectivity index (χ1) is 14.4. The Balaban J connectivity index is 1.79. The third kappa shape index (κ3) is 5.09. The number of hydrogen-bond acceptors (Lipinski definition) is 5. The van der Waals surface area contributed by atoms with Gasteiger partial charge < -0.3 is 9.30 Å². The van der Waals surface area contributed by atoms with Crippen LogP contribution in [0, 0.1) is 11.8 Å². The predicted octanol–water partition coefficient (Wildman–Crippen LogP) is 3.55. The number of ether oxygens (including phenoxy) is 1. The number of imidazole rings is 1. The number of hydrogen-bond donors (Lipinski definition) is 0. The van der Waals surface area contributed by atoms with Gasteiger partial charge in [0.15, 0.2) is 5.82 Å². The molecule has 31 heavy (non-hydrogen) atoms. The number of esters is 1. The fourth-order valence-corrected chi connectivity index (χ4v) is 5.46. The minimum absolute atomic E-state index is 0.0261. The molecule has 170 valence electrons. The Morgan fingerprint density at radius 3 is 2.23 bits per heavy atom. The van der Waals surface area contributed by atoms with Gasteiger partial charge in [0.05, 0.1) is 10.5 Å². The molecule has 11 heteroatoms. The van der Waals surface area contributed by atoms with Crippen LogP contribution in [-0.4, -0.2) is 47.5 Å². The number of benzene rings is 1. The largest absolute Gasteiger partial charge is 0.441 e. The van der Waals surface area contributed by atoms with Crippen molar-refractivity contribution in [2.75, 3.05) is 13.1 Å². The van der Waals surface area contributed by atoms with Crippen molar-refractivity contribution in [3.63, 3.8) is 0 Å². The van der Waals surface area contributed by atoms with Gasteiger partial charge in [-0.25, -0.2) is 18.2 Å². The summed E-state index contributed by atoms with van der Waals surface area (Å²) in [7, 11) is -2.41. The zero-order chi connectivity index (χ0) is 23.0. The molecule has 0 saturated carbocycles. The molecular weight excluding hydrogens is 435 g/mol. The Morgan fingerprint density at radius 2 is 1.74 bits per heavy atom. The van der Waals surface area contributed by atoms with Crippen molar-refractivity contribution >= 4 is 16.0 Å². The number of carbonyl (C=O) groups excluding carboxylic acids is 1. The Labute approximate surface area is 178 Å². The van der Waals surface area contributed by atoms with Crippen molar-refractivity contribution in [1.82, 2.24) is 13.9 Å². The number of sulfonamides is 1. The van der Waals surface area contributed by atoms with Gasteiger partial charge in [0.1, 0.15) is 0 Å². The molecule has 1 aliphatic rings. The van der Waals surface area contributed by atoms with Crippen molar-refractivity contribution in [1.29, 1.82) is 0 Å². The van der Waals surface area contributed by atoms with Gasteiger partial charge in [-0.2, -0.15) is 17.5 Å². The van der Waals surface area contributed by atoms with Gasteiger partial charge in [0, 0.05) is 32.5 Å². The summed E-state index contributed by atoms with van der Waals surface area (Å²) < 4.78 is 73.3. The highest BCUT2D eigenvalue weighted by Crippen LogP contribution is 2.35. The SMILES string of the molecule is C[C@@H]1C[C@H](C)CN(S(=O)(=O)c2ccc(C(=O)O[C@H](c3nccn3C)C(F)(F)F)cc2)C1. The van der Waals surface area contributed by atoms with Gasteiger partial charge in [-0.3, -0.25) is 0 Å². The molecule has 1 fully saturated rings. The summed E-state index contributed by atoms with van der Waals surface area (Å²) in [6.45, 7) is 4.76. The summed E-state index contributed by atoms with van der Waals surface area (Å²) >= 11 is 0. The lowest BCUT2D eigenvalue weighted by atomic mass is 9.94. The van der Waals surface area contributed by atoms with Crippen molar-refractivity contribution in [3.8, 4) is 0 Å². The van der Waals surface area contributed by atoms with Crippen LogP contribution in [0.2, 0.25) is 0 Å². The van der Waals surface area contributed by atoms with E-state index in [-0.39, 0.29) is 22.3 Å². The zero-order valence-corrected chi connectivity index (χ0v) is 18.2. The second-order valence-electron chi connectivity index (χ2n) is 8.02. The van der Waals surface area contributed by atoms with Crippen LogP contribution in [0.5, 0.6) is 0 Å². The number of rotatable bonds is 5. The lowest BCUT2D eigenvalue weighted by molar-refractivity contribution is -0.210. The highest BCUT2D eigenvalue weighted by Gasteiger charge is 2.46. The monoisotopic (exact) mass is 459 g/mol. The average Bonchev–Trinajstić information content (AvgIpc) is 3.09. The molecule has 1 saturated heterocycles. The van der Waals surface area contributed by atoms with E-state index < -0.39 is 34.1 Å². The van der Waals surface area contributed by atoms with Gasteiger partial charge in [0.2, 0.25) is 10.0 Å². The molecule has 1 aromatic heterocycles. The predicted molar refractivity (Wildman–Crippen MR) is 106 cm³/mol. The van der Waals surface area contributed by atoms with Crippen LogP contribution in [0.4, 0.5) is 13.2 Å². The Kier molecular flexibility index (Phi) is 6.47. The van der Waals surface area contributed by atoms with E-state index in [4.69, 9.17) is 0 Å². The summed E-state index contributed by atoms with van der Waals surface area (Å²) in [5.41, 5.74) is -0.192. The summed E-state index contributed by atoms with van der Waals surface area (Å²) in [4.78, 5) is 15.9. The van der Waals surface area contributed by atoms with Crippen molar-refractivity contribution in [2.24, 2.45) is 18.9 Å². The summed E-state index contributed by atoms with van der Waals surface area (Å²) in [5.74, 6) is -1.25. The maximum atomic E-state index is 13.4. The number of aromatic nitrogens is 2. The van der Waals surface area contributed by atoms with Crippen LogP contribution in [0.1, 0.15) is 42.6 Å². The standard InChI is InChI=1S/C20H24F3N3O4S/c1-13-10-14(2)12-26(11-13)31(28,29)16-6-4-15(5-7-16)19(27)30-17(20(21,22)23)18-24-8-9-25(18)3/h4-9,13-14,17H,10-12H2,1-3H3/t13-,14+,17-/m1/s1. The van der Waals surface area contributed by atoms with Crippen LogP contribution >= 0.6 is 0 Å². The maximum absolute atomic E-state index is 13.4. The first kappa shape index (κ1) is 23.3. The minimum atomic E-state index is -4.86. The molecule has 0 spiro atoms. The van der Waals surface area contributed by atoms with E-state index in [1.165, 1.54) is 35.9 Å².